The molecule has 0 amide bonds. The SMILES string of the molecule is CN(C)[n+]1ccccc1CC(C)(C)C.[Br-]. The van der Waals surface area contributed by atoms with Crippen molar-refractivity contribution in [3.8, 4) is 0 Å². The number of halogens is 1. The summed E-state index contributed by atoms with van der Waals surface area (Å²) < 4.78 is 2.19. The van der Waals surface area contributed by atoms with E-state index < -0.39 is 0 Å². The summed E-state index contributed by atoms with van der Waals surface area (Å²) in [7, 11) is 4.12. The highest BCUT2D eigenvalue weighted by Gasteiger charge is 2.19. The molecular weight excluding hydrogens is 252 g/mol. The van der Waals surface area contributed by atoms with Crippen LogP contribution in [0.3, 0.4) is 0 Å². The van der Waals surface area contributed by atoms with Gasteiger partial charge in [0, 0.05) is 18.6 Å². The van der Waals surface area contributed by atoms with Crippen LogP contribution in [0, 0.1) is 5.41 Å². The smallest absolute Gasteiger partial charge is 0.212 e. The Balaban J connectivity index is 0.00000196. The van der Waals surface area contributed by atoms with Crippen LogP contribution in [0.4, 0.5) is 0 Å². The molecule has 0 N–H and O–H groups in total. The van der Waals surface area contributed by atoms with E-state index in [0.717, 1.165) is 6.42 Å². The van der Waals surface area contributed by atoms with Crippen LogP contribution in [0.2, 0.25) is 0 Å². The lowest BCUT2D eigenvalue weighted by molar-refractivity contribution is -0.695. The van der Waals surface area contributed by atoms with Crippen molar-refractivity contribution < 1.29 is 21.7 Å². The van der Waals surface area contributed by atoms with E-state index in [2.05, 4.69) is 68.9 Å². The van der Waals surface area contributed by atoms with Crippen molar-refractivity contribution in [2.75, 3.05) is 19.1 Å². The first kappa shape index (κ1) is 14.4. The van der Waals surface area contributed by atoms with Crippen LogP contribution in [-0.2, 0) is 6.42 Å². The Kier molecular flexibility index (Phi) is 5.29. The molecule has 0 saturated carbocycles. The van der Waals surface area contributed by atoms with E-state index in [0.29, 0.717) is 5.41 Å². The van der Waals surface area contributed by atoms with E-state index in [1.165, 1.54) is 5.69 Å². The van der Waals surface area contributed by atoms with Crippen LogP contribution >= 0.6 is 0 Å². The van der Waals surface area contributed by atoms with E-state index in [9.17, 15) is 0 Å². The number of pyridine rings is 1. The van der Waals surface area contributed by atoms with Gasteiger partial charge < -0.3 is 17.0 Å². The molecule has 0 radical (unpaired) electrons. The summed E-state index contributed by atoms with van der Waals surface area (Å²) in [5, 5.41) is 2.10. The molecule has 0 aromatic carbocycles. The summed E-state index contributed by atoms with van der Waals surface area (Å²) in [4.78, 5) is 0. The zero-order chi connectivity index (χ0) is 10.8. The zero-order valence-corrected chi connectivity index (χ0v) is 11.9. The molecule has 15 heavy (non-hydrogen) atoms. The first-order chi connectivity index (χ1) is 6.40. The van der Waals surface area contributed by atoms with Crippen molar-refractivity contribution in [3.63, 3.8) is 0 Å². The topological polar surface area (TPSA) is 7.12 Å². The van der Waals surface area contributed by atoms with Gasteiger partial charge in [0.05, 0.1) is 14.1 Å². The Morgan fingerprint density at radius 1 is 1.20 bits per heavy atom. The van der Waals surface area contributed by atoms with Crippen molar-refractivity contribution in [1.82, 2.24) is 0 Å². The molecule has 0 aliphatic carbocycles. The predicted octanol–water partition coefficient (Wildman–Crippen LogP) is -1.24. The molecule has 0 spiro atoms. The third-order valence-electron chi connectivity index (χ3n) is 2.06. The Labute approximate surface area is 104 Å². The average Bonchev–Trinajstić information content (AvgIpc) is 2.01. The minimum absolute atomic E-state index is 0. The molecule has 1 heterocycles. The predicted molar refractivity (Wildman–Crippen MR) is 59.9 cm³/mol. The van der Waals surface area contributed by atoms with Crippen molar-refractivity contribution >= 4 is 0 Å². The van der Waals surface area contributed by atoms with Gasteiger partial charge in [0.25, 0.3) is 0 Å². The summed E-state index contributed by atoms with van der Waals surface area (Å²) in [6.45, 7) is 6.79. The summed E-state index contributed by atoms with van der Waals surface area (Å²) >= 11 is 0. The number of nitrogens with zero attached hydrogens (tertiary/aromatic N) is 2. The third-order valence-corrected chi connectivity index (χ3v) is 2.06. The normalized spacial score (nSPS) is 10.7. The molecule has 0 bridgehead atoms. The Hall–Kier alpha value is -0.570. The lowest BCUT2D eigenvalue weighted by Crippen LogP contribution is -3.00. The molecule has 0 saturated heterocycles. The van der Waals surface area contributed by atoms with E-state index in [1.54, 1.807) is 0 Å². The van der Waals surface area contributed by atoms with Gasteiger partial charge in [0.1, 0.15) is 0 Å². The highest BCUT2D eigenvalue weighted by Crippen LogP contribution is 2.18. The van der Waals surface area contributed by atoms with Crippen molar-refractivity contribution in [1.29, 1.82) is 0 Å². The molecule has 3 heteroatoms. The van der Waals surface area contributed by atoms with Gasteiger partial charge in [0.15, 0.2) is 6.20 Å². The van der Waals surface area contributed by atoms with Crippen LogP contribution in [0.1, 0.15) is 26.5 Å². The fourth-order valence-electron chi connectivity index (χ4n) is 1.54. The largest absolute Gasteiger partial charge is 1.00 e. The molecular formula is C12H21BrN2. The van der Waals surface area contributed by atoms with Gasteiger partial charge in [-0.3, -0.25) is 0 Å². The van der Waals surface area contributed by atoms with Gasteiger partial charge in [-0.05, 0) is 11.5 Å². The summed E-state index contributed by atoms with van der Waals surface area (Å²) in [6, 6.07) is 6.35. The maximum Gasteiger partial charge on any atom is 0.212 e. The van der Waals surface area contributed by atoms with Gasteiger partial charge in [0.2, 0.25) is 5.69 Å². The quantitative estimate of drug-likeness (QED) is 0.612. The van der Waals surface area contributed by atoms with Crippen LogP contribution in [0.5, 0.6) is 0 Å². The molecule has 0 aliphatic heterocycles. The fraction of sp³-hybridized carbons (Fsp3) is 0.583. The molecule has 86 valence electrons. The Morgan fingerprint density at radius 2 is 1.80 bits per heavy atom. The maximum absolute atomic E-state index is 2.26. The maximum atomic E-state index is 2.26. The molecule has 0 aliphatic rings. The Bertz CT molecular complexity index is 303. The average molecular weight is 273 g/mol. The van der Waals surface area contributed by atoms with E-state index in [1.807, 2.05) is 0 Å². The van der Waals surface area contributed by atoms with Crippen LogP contribution in [0.15, 0.2) is 24.4 Å². The lowest BCUT2D eigenvalue weighted by Gasteiger charge is -2.17. The molecule has 0 atom stereocenters. The van der Waals surface area contributed by atoms with Crippen LogP contribution in [0.25, 0.3) is 0 Å². The first-order valence-electron chi connectivity index (χ1n) is 5.07. The summed E-state index contributed by atoms with van der Waals surface area (Å²) in [5.41, 5.74) is 1.68. The van der Waals surface area contributed by atoms with Gasteiger partial charge in [-0.2, -0.15) is 5.01 Å². The molecule has 0 fully saturated rings. The highest BCUT2D eigenvalue weighted by molar-refractivity contribution is 5.00. The second-order valence-corrected chi connectivity index (χ2v) is 5.12. The van der Waals surface area contributed by atoms with Gasteiger partial charge >= 0.3 is 0 Å². The first-order valence-corrected chi connectivity index (χ1v) is 5.07. The summed E-state index contributed by atoms with van der Waals surface area (Å²) in [5.74, 6) is 0. The lowest BCUT2D eigenvalue weighted by atomic mass is 9.90. The summed E-state index contributed by atoms with van der Waals surface area (Å²) in [6.07, 6.45) is 3.19. The van der Waals surface area contributed by atoms with Crippen molar-refractivity contribution in [2.45, 2.75) is 27.2 Å². The van der Waals surface area contributed by atoms with E-state index in [4.69, 9.17) is 0 Å². The Morgan fingerprint density at radius 3 is 2.27 bits per heavy atom. The molecule has 2 nitrogen and oxygen atoms in total. The second kappa shape index (κ2) is 5.50. The fourth-order valence-corrected chi connectivity index (χ4v) is 1.54. The highest BCUT2D eigenvalue weighted by atomic mass is 79.9. The minimum Gasteiger partial charge on any atom is -1.00 e. The standard InChI is InChI=1S/C12H21N2.BrH/c1-12(2,3)10-11-8-6-7-9-14(11)13(4)5;/h6-9H,10H2,1-5H3;1H/q+1;/p-1. The zero-order valence-electron chi connectivity index (χ0n) is 10.3. The van der Waals surface area contributed by atoms with Gasteiger partial charge in [-0.1, -0.05) is 25.4 Å². The molecule has 1 aromatic rings. The van der Waals surface area contributed by atoms with E-state index >= 15 is 0 Å². The minimum atomic E-state index is 0. The van der Waals surface area contributed by atoms with E-state index in [-0.39, 0.29) is 17.0 Å². The van der Waals surface area contributed by atoms with Crippen molar-refractivity contribution in [3.05, 3.63) is 30.1 Å². The van der Waals surface area contributed by atoms with Crippen molar-refractivity contribution in [2.24, 2.45) is 5.41 Å². The monoisotopic (exact) mass is 272 g/mol. The van der Waals surface area contributed by atoms with Gasteiger partial charge in [-0.15, -0.1) is 0 Å². The van der Waals surface area contributed by atoms with Gasteiger partial charge in [-0.25, -0.2) is 0 Å². The van der Waals surface area contributed by atoms with Crippen LogP contribution < -0.4 is 26.7 Å². The third kappa shape index (κ3) is 4.65. The van der Waals surface area contributed by atoms with Crippen LogP contribution in [-0.4, -0.2) is 14.1 Å². The number of hydrogen-bond acceptors (Lipinski definition) is 1. The molecule has 0 unspecified atom stereocenters. The molecule has 1 aromatic heterocycles. The number of hydrogen-bond donors (Lipinski definition) is 0. The molecule has 1 rings (SSSR count). The number of aromatic nitrogens is 1. The second-order valence-electron chi connectivity index (χ2n) is 5.12. The number of rotatable bonds is 2.